The average molecular weight is 451 g/mol. The van der Waals surface area contributed by atoms with Gasteiger partial charge in [0.25, 0.3) is 5.91 Å². The third-order valence-corrected chi connectivity index (χ3v) is 5.94. The number of aromatic amines is 1. The molecular weight excluding hydrogens is 423 g/mol. The van der Waals surface area contributed by atoms with Gasteiger partial charge in [0.05, 0.1) is 12.6 Å². The molecule has 0 saturated heterocycles. The number of carbonyl (C=O) groups excluding carboxylic acids is 2. The fourth-order valence-electron chi connectivity index (χ4n) is 4.19. The van der Waals surface area contributed by atoms with Crippen LogP contribution < -0.4 is 10.1 Å². The number of aromatic nitrogens is 1. The quantitative estimate of drug-likeness (QED) is 0.557. The molecule has 0 fully saturated rings. The number of fused-ring (bicyclic) bond motifs is 1. The van der Waals surface area contributed by atoms with E-state index in [1.54, 1.807) is 38.2 Å². The van der Waals surface area contributed by atoms with Crippen LogP contribution >= 0.6 is 0 Å². The number of rotatable bonds is 6. The number of benzene rings is 2. The Morgan fingerprint density at radius 2 is 2.00 bits per heavy atom. The van der Waals surface area contributed by atoms with Crippen molar-refractivity contribution in [3.05, 3.63) is 53.5 Å². The van der Waals surface area contributed by atoms with Crippen molar-refractivity contribution < 1.29 is 18.7 Å². The first-order chi connectivity index (χ1) is 15.9. The molecule has 4 rings (SSSR count). The summed E-state index contributed by atoms with van der Waals surface area (Å²) in [6.45, 7) is 0.929. The van der Waals surface area contributed by atoms with Crippen molar-refractivity contribution in [1.29, 1.82) is 0 Å². The Kier molecular flexibility index (Phi) is 6.09. The van der Waals surface area contributed by atoms with Crippen molar-refractivity contribution in [3.8, 4) is 16.9 Å². The second-order valence-corrected chi connectivity index (χ2v) is 8.22. The maximum Gasteiger partial charge on any atom is 0.269 e. The summed E-state index contributed by atoms with van der Waals surface area (Å²) in [7, 11) is 6.71. The molecule has 1 aliphatic rings. The molecule has 0 atom stereocenters. The van der Waals surface area contributed by atoms with E-state index in [1.165, 1.54) is 4.90 Å². The number of ether oxygens (including phenoxy) is 1. The van der Waals surface area contributed by atoms with Gasteiger partial charge < -0.3 is 24.8 Å². The Labute approximate surface area is 191 Å². The summed E-state index contributed by atoms with van der Waals surface area (Å²) in [4.78, 5) is 30.0. The highest BCUT2D eigenvalue weighted by atomic mass is 19.1. The second-order valence-electron chi connectivity index (χ2n) is 8.22. The van der Waals surface area contributed by atoms with E-state index >= 15 is 4.39 Å². The first-order valence-corrected chi connectivity index (χ1v) is 10.7. The topological polar surface area (TPSA) is 77.7 Å². The van der Waals surface area contributed by atoms with Crippen LogP contribution in [0.4, 0.5) is 10.1 Å². The number of nitrogens with one attached hydrogen (secondary N) is 2. The molecule has 0 spiro atoms. The van der Waals surface area contributed by atoms with E-state index in [9.17, 15) is 9.59 Å². The highest BCUT2D eigenvalue weighted by Gasteiger charge is 2.24. The van der Waals surface area contributed by atoms with Crippen LogP contribution in [0, 0.1) is 5.82 Å². The minimum atomic E-state index is -0.448. The molecule has 2 aromatic carbocycles. The van der Waals surface area contributed by atoms with Crippen molar-refractivity contribution in [2.75, 3.05) is 46.7 Å². The number of nitrogens with zero attached hydrogens (tertiary/aromatic N) is 2. The normalized spacial score (nSPS) is 13.6. The molecule has 172 valence electrons. The zero-order valence-electron chi connectivity index (χ0n) is 19.2. The van der Waals surface area contributed by atoms with Gasteiger partial charge in [0.1, 0.15) is 11.4 Å². The Hall–Kier alpha value is -3.81. The molecule has 0 aliphatic carbocycles. The summed E-state index contributed by atoms with van der Waals surface area (Å²) in [6.07, 6.45) is 3.40. The molecular formula is C25H27FN4O3. The zero-order valence-corrected chi connectivity index (χ0v) is 19.2. The minimum Gasteiger partial charge on any atom is -0.496 e. The first-order valence-electron chi connectivity index (χ1n) is 10.7. The first kappa shape index (κ1) is 22.4. The molecule has 2 heterocycles. The van der Waals surface area contributed by atoms with Gasteiger partial charge in [-0.2, -0.15) is 0 Å². The SMILES string of the molecule is CNc1ccc(-c2cc(C3=CCCN(C=O)C3)c(F)c3[nH]c(C(=O)N(C)C)cc23)c(OC)c1. The highest BCUT2D eigenvalue weighted by molar-refractivity contribution is 6.05. The molecule has 3 aromatic rings. The number of anilines is 1. The summed E-state index contributed by atoms with van der Waals surface area (Å²) < 4.78 is 21.5. The van der Waals surface area contributed by atoms with E-state index in [0.717, 1.165) is 28.8 Å². The lowest BCUT2D eigenvalue weighted by Gasteiger charge is -2.24. The van der Waals surface area contributed by atoms with Gasteiger partial charge in [0, 0.05) is 62.5 Å². The van der Waals surface area contributed by atoms with Crippen LogP contribution in [0.3, 0.4) is 0 Å². The van der Waals surface area contributed by atoms with Gasteiger partial charge in [-0.25, -0.2) is 4.39 Å². The molecule has 33 heavy (non-hydrogen) atoms. The molecule has 7 nitrogen and oxygen atoms in total. The Morgan fingerprint density at radius 1 is 1.21 bits per heavy atom. The summed E-state index contributed by atoms with van der Waals surface area (Å²) in [5, 5.41) is 3.67. The second kappa shape index (κ2) is 8.97. The predicted molar refractivity (Wildman–Crippen MR) is 128 cm³/mol. The molecule has 1 aliphatic heterocycles. The van der Waals surface area contributed by atoms with Crippen molar-refractivity contribution in [2.45, 2.75) is 6.42 Å². The number of H-pyrrole nitrogens is 1. The molecule has 0 unspecified atom stereocenters. The van der Waals surface area contributed by atoms with Crippen molar-refractivity contribution >= 4 is 34.5 Å². The van der Waals surface area contributed by atoms with E-state index in [4.69, 9.17) is 4.74 Å². The lowest BCUT2D eigenvalue weighted by Crippen LogP contribution is -2.28. The fourth-order valence-corrected chi connectivity index (χ4v) is 4.19. The Bertz CT molecular complexity index is 1260. The van der Waals surface area contributed by atoms with Gasteiger partial charge >= 0.3 is 0 Å². The number of carbonyl (C=O) groups is 2. The van der Waals surface area contributed by atoms with Gasteiger partial charge in [-0.1, -0.05) is 6.08 Å². The van der Waals surface area contributed by atoms with Gasteiger partial charge in [0.2, 0.25) is 6.41 Å². The fraction of sp³-hybridized carbons (Fsp3) is 0.280. The summed E-state index contributed by atoms with van der Waals surface area (Å²) in [5.74, 6) is -0.0782. The highest BCUT2D eigenvalue weighted by Crippen LogP contribution is 2.41. The number of halogens is 1. The maximum absolute atomic E-state index is 15.8. The standard InChI is InChI=1S/C25H27FN4O3/c1-27-16-7-8-17(22(10-16)33-4)19-11-18(15-6-5-9-30(13-15)14-31)23(26)24-20(19)12-21(28-24)25(32)29(2)3/h6-8,10-12,14,27-28H,5,9,13H2,1-4H3. The molecule has 0 bridgehead atoms. The van der Waals surface area contributed by atoms with Gasteiger partial charge in [-0.05, 0) is 41.8 Å². The van der Waals surface area contributed by atoms with E-state index in [2.05, 4.69) is 10.3 Å². The Balaban J connectivity index is 2.00. The van der Waals surface area contributed by atoms with Crippen molar-refractivity contribution in [3.63, 3.8) is 0 Å². The molecule has 1 aromatic heterocycles. The molecule has 8 heteroatoms. The third-order valence-electron chi connectivity index (χ3n) is 5.94. The molecule has 2 amide bonds. The third kappa shape index (κ3) is 4.04. The molecule has 0 saturated carbocycles. The van der Waals surface area contributed by atoms with E-state index in [0.29, 0.717) is 41.9 Å². The van der Waals surface area contributed by atoms with E-state index in [-0.39, 0.29) is 11.4 Å². The van der Waals surface area contributed by atoms with Crippen LogP contribution in [0.2, 0.25) is 0 Å². The van der Waals surface area contributed by atoms with Crippen LogP contribution in [0.5, 0.6) is 5.75 Å². The number of hydrogen-bond acceptors (Lipinski definition) is 4. The van der Waals surface area contributed by atoms with Crippen LogP contribution in [0.1, 0.15) is 22.5 Å². The van der Waals surface area contributed by atoms with E-state index in [1.807, 2.05) is 31.3 Å². The number of hydrogen-bond donors (Lipinski definition) is 2. The molecule has 2 N–H and O–H groups in total. The van der Waals surface area contributed by atoms with Gasteiger partial charge in [0.15, 0.2) is 5.82 Å². The monoisotopic (exact) mass is 450 g/mol. The van der Waals surface area contributed by atoms with Crippen LogP contribution in [0.25, 0.3) is 27.6 Å². The minimum absolute atomic E-state index is 0.247. The average Bonchev–Trinajstić information content (AvgIpc) is 3.29. The van der Waals surface area contributed by atoms with Crippen LogP contribution in [-0.2, 0) is 4.79 Å². The number of methoxy groups -OCH3 is 1. The number of amides is 2. The predicted octanol–water partition coefficient (Wildman–Crippen LogP) is 3.97. The van der Waals surface area contributed by atoms with Crippen molar-refractivity contribution in [1.82, 2.24) is 14.8 Å². The largest absolute Gasteiger partial charge is 0.496 e. The lowest BCUT2D eigenvalue weighted by atomic mass is 9.93. The van der Waals surface area contributed by atoms with Crippen LogP contribution in [0.15, 0.2) is 36.4 Å². The summed E-state index contributed by atoms with van der Waals surface area (Å²) in [5.41, 5.74) is 4.06. The Morgan fingerprint density at radius 3 is 2.67 bits per heavy atom. The lowest BCUT2D eigenvalue weighted by molar-refractivity contribution is -0.117. The van der Waals surface area contributed by atoms with Crippen molar-refractivity contribution in [2.24, 2.45) is 0 Å². The summed E-state index contributed by atoms with van der Waals surface area (Å²) >= 11 is 0. The van der Waals surface area contributed by atoms with Gasteiger partial charge in [-0.3, -0.25) is 9.59 Å². The van der Waals surface area contributed by atoms with Gasteiger partial charge in [-0.15, -0.1) is 0 Å². The summed E-state index contributed by atoms with van der Waals surface area (Å²) in [6, 6.07) is 9.16. The zero-order chi connectivity index (χ0) is 23.7. The van der Waals surface area contributed by atoms with E-state index < -0.39 is 5.82 Å². The maximum atomic E-state index is 15.8. The molecule has 0 radical (unpaired) electrons. The van der Waals surface area contributed by atoms with Crippen LogP contribution in [-0.4, -0.2) is 68.4 Å². The smallest absolute Gasteiger partial charge is 0.269 e.